The first-order valence-electron chi connectivity index (χ1n) is 7.17. The smallest absolute Gasteiger partial charge is 0.324 e. The predicted octanol–water partition coefficient (Wildman–Crippen LogP) is 0.475. The number of aryl methyl sites for hydroxylation is 1. The van der Waals surface area contributed by atoms with Gasteiger partial charge in [0.05, 0.1) is 6.54 Å². The third-order valence-corrected chi connectivity index (χ3v) is 3.51. The average Bonchev–Trinajstić information content (AvgIpc) is 2.82. The van der Waals surface area contributed by atoms with E-state index < -0.39 is 6.04 Å². The quantitative estimate of drug-likeness (QED) is 0.517. The summed E-state index contributed by atoms with van der Waals surface area (Å²) in [5.41, 5.74) is 7.75. The molecule has 126 valence electrons. The van der Waals surface area contributed by atoms with E-state index in [2.05, 4.69) is 10.6 Å². The number of nitrogens with one attached hydrogen (secondary N) is 2. The summed E-state index contributed by atoms with van der Waals surface area (Å²) in [5, 5.41) is 5.16. The molecule has 7 nitrogen and oxygen atoms in total. The van der Waals surface area contributed by atoms with Gasteiger partial charge in [-0.3, -0.25) is 14.5 Å². The Kier molecular flexibility index (Phi) is 6.99. The van der Waals surface area contributed by atoms with Gasteiger partial charge in [0.2, 0.25) is 11.8 Å². The van der Waals surface area contributed by atoms with Crippen LogP contribution in [0.5, 0.6) is 0 Å². The second kappa shape index (κ2) is 8.50. The highest BCUT2D eigenvalue weighted by Gasteiger charge is 2.27. The summed E-state index contributed by atoms with van der Waals surface area (Å²) >= 11 is 0. The van der Waals surface area contributed by atoms with Gasteiger partial charge in [0, 0.05) is 13.1 Å². The number of carbonyl (C=O) groups excluding carboxylic acids is 3. The van der Waals surface area contributed by atoms with Crippen molar-refractivity contribution in [3.8, 4) is 0 Å². The number of nitrogens with two attached hydrogens (primary N) is 1. The van der Waals surface area contributed by atoms with E-state index in [-0.39, 0.29) is 43.3 Å². The Labute approximate surface area is 141 Å². The van der Waals surface area contributed by atoms with E-state index in [4.69, 9.17) is 5.73 Å². The lowest BCUT2D eigenvalue weighted by Gasteiger charge is -2.15. The Morgan fingerprint density at radius 2 is 2.00 bits per heavy atom. The van der Waals surface area contributed by atoms with Crippen molar-refractivity contribution in [2.75, 3.05) is 19.6 Å². The SMILES string of the molecule is Cc1ccc(C(N)C(=O)NCCCN2C(=O)CNC2=O)cc1.Cl. The Morgan fingerprint density at radius 1 is 1.35 bits per heavy atom. The highest BCUT2D eigenvalue weighted by atomic mass is 35.5. The van der Waals surface area contributed by atoms with Crippen LogP contribution in [0, 0.1) is 6.92 Å². The largest absolute Gasteiger partial charge is 0.354 e. The van der Waals surface area contributed by atoms with Gasteiger partial charge in [0.1, 0.15) is 6.04 Å². The standard InChI is InChI=1S/C15H20N4O3.ClH/c1-10-3-5-11(6-4-10)13(16)14(21)17-7-2-8-19-12(20)9-18-15(19)22;/h3-6,13H,2,7-9,16H2,1H3,(H,17,21)(H,18,22);1H. The topological polar surface area (TPSA) is 105 Å². The maximum absolute atomic E-state index is 12.0. The lowest BCUT2D eigenvalue weighted by molar-refractivity contribution is -0.125. The molecule has 1 aromatic carbocycles. The average molecular weight is 341 g/mol. The van der Waals surface area contributed by atoms with Crippen molar-refractivity contribution in [3.63, 3.8) is 0 Å². The molecule has 0 bridgehead atoms. The molecule has 4 amide bonds. The van der Waals surface area contributed by atoms with Gasteiger partial charge >= 0.3 is 6.03 Å². The molecule has 0 spiro atoms. The van der Waals surface area contributed by atoms with Gasteiger partial charge in [-0.2, -0.15) is 0 Å². The van der Waals surface area contributed by atoms with E-state index in [0.717, 1.165) is 16.0 Å². The molecule has 1 unspecified atom stereocenters. The molecule has 1 heterocycles. The number of hydrogen-bond acceptors (Lipinski definition) is 4. The Hall–Kier alpha value is -2.12. The van der Waals surface area contributed by atoms with E-state index in [1.165, 1.54) is 0 Å². The zero-order valence-electron chi connectivity index (χ0n) is 12.9. The van der Waals surface area contributed by atoms with E-state index in [9.17, 15) is 14.4 Å². The number of amides is 4. The first kappa shape index (κ1) is 18.9. The summed E-state index contributed by atoms with van der Waals surface area (Å²) in [4.78, 5) is 35.8. The highest BCUT2D eigenvalue weighted by Crippen LogP contribution is 2.11. The first-order chi connectivity index (χ1) is 10.5. The van der Waals surface area contributed by atoms with E-state index in [1.54, 1.807) is 0 Å². The number of imide groups is 1. The fraction of sp³-hybridized carbons (Fsp3) is 0.400. The Balaban J connectivity index is 0.00000264. The number of halogens is 1. The van der Waals surface area contributed by atoms with Crippen LogP contribution in [0.4, 0.5) is 4.79 Å². The lowest BCUT2D eigenvalue weighted by Crippen LogP contribution is -2.37. The van der Waals surface area contributed by atoms with Crippen molar-refractivity contribution in [2.45, 2.75) is 19.4 Å². The van der Waals surface area contributed by atoms with Crippen LogP contribution in [0.3, 0.4) is 0 Å². The fourth-order valence-corrected chi connectivity index (χ4v) is 2.17. The summed E-state index contributed by atoms with van der Waals surface area (Å²) in [6.45, 7) is 2.65. The second-order valence-corrected chi connectivity index (χ2v) is 5.24. The van der Waals surface area contributed by atoms with Crippen LogP contribution < -0.4 is 16.4 Å². The summed E-state index contributed by atoms with van der Waals surface area (Å²) < 4.78 is 0. The summed E-state index contributed by atoms with van der Waals surface area (Å²) in [7, 11) is 0. The molecule has 2 rings (SSSR count). The van der Waals surface area contributed by atoms with Gasteiger partial charge in [-0.05, 0) is 18.9 Å². The normalized spacial score (nSPS) is 15.0. The van der Waals surface area contributed by atoms with Crippen molar-refractivity contribution < 1.29 is 14.4 Å². The second-order valence-electron chi connectivity index (χ2n) is 5.24. The monoisotopic (exact) mass is 340 g/mol. The molecule has 0 aromatic heterocycles. The van der Waals surface area contributed by atoms with Crippen LogP contribution >= 0.6 is 12.4 Å². The summed E-state index contributed by atoms with van der Waals surface area (Å²) in [6.07, 6.45) is 0.492. The number of rotatable bonds is 6. The molecule has 1 aliphatic rings. The highest BCUT2D eigenvalue weighted by molar-refractivity contribution is 6.01. The van der Waals surface area contributed by atoms with Gasteiger partial charge in [-0.25, -0.2) is 4.79 Å². The van der Waals surface area contributed by atoms with Gasteiger partial charge in [0.15, 0.2) is 0 Å². The van der Waals surface area contributed by atoms with Crippen molar-refractivity contribution in [3.05, 3.63) is 35.4 Å². The number of nitrogens with zero attached hydrogens (tertiary/aromatic N) is 1. The van der Waals surface area contributed by atoms with Crippen LogP contribution in [0.1, 0.15) is 23.6 Å². The molecule has 4 N–H and O–H groups in total. The molecule has 0 aliphatic carbocycles. The van der Waals surface area contributed by atoms with Crippen LogP contribution in [-0.4, -0.2) is 42.4 Å². The first-order valence-corrected chi connectivity index (χ1v) is 7.17. The Bertz CT molecular complexity index is 561. The van der Waals surface area contributed by atoms with Gasteiger partial charge in [-0.15, -0.1) is 12.4 Å². The predicted molar refractivity (Wildman–Crippen MR) is 88.1 cm³/mol. The zero-order valence-corrected chi connectivity index (χ0v) is 13.7. The maximum Gasteiger partial charge on any atom is 0.324 e. The molecule has 0 radical (unpaired) electrons. The van der Waals surface area contributed by atoms with Crippen LogP contribution in [0.15, 0.2) is 24.3 Å². The number of urea groups is 1. The van der Waals surface area contributed by atoms with Gasteiger partial charge in [-0.1, -0.05) is 29.8 Å². The molecular formula is C15H21ClN4O3. The third-order valence-electron chi connectivity index (χ3n) is 3.51. The molecule has 23 heavy (non-hydrogen) atoms. The van der Waals surface area contributed by atoms with Crippen LogP contribution in [0.25, 0.3) is 0 Å². The molecule has 8 heteroatoms. The zero-order chi connectivity index (χ0) is 16.1. The maximum atomic E-state index is 12.0. The molecule has 1 saturated heterocycles. The van der Waals surface area contributed by atoms with Crippen molar-refractivity contribution in [2.24, 2.45) is 5.73 Å². The van der Waals surface area contributed by atoms with Gasteiger partial charge in [0.25, 0.3) is 0 Å². The van der Waals surface area contributed by atoms with Crippen LogP contribution in [0.2, 0.25) is 0 Å². The lowest BCUT2D eigenvalue weighted by atomic mass is 10.1. The molecule has 0 saturated carbocycles. The fourth-order valence-electron chi connectivity index (χ4n) is 2.17. The molecular weight excluding hydrogens is 320 g/mol. The number of hydrogen-bond donors (Lipinski definition) is 3. The summed E-state index contributed by atoms with van der Waals surface area (Å²) in [6, 6.07) is 6.35. The number of carbonyl (C=O) groups is 3. The molecule has 1 aliphatic heterocycles. The van der Waals surface area contributed by atoms with Crippen molar-refractivity contribution in [1.82, 2.24) is 15.5 Å². The minimum Gasteiger partial charge on any atom is -0.354 e. The number of benzene rings is 1. The third kappa shape index (κ3) is 4.94. The summed E-state index contributed by atoms with van der Waals surface area (Å²) in [5.74, 6) is -0.520. The van der Waals surface area contributed by atoms with Crippen LogP contribution in [-0.2, 0) is 9.59 Å². The van der Waals surface area contributed by atoms with Crippen molar-refractivity contribution in [1.29, 1.82) is 0 Å². The molecule has 1 atom stereocenters. The van der Waals surface area contributed by atoms with Crippen molar-refractivity contribution >= 4 is 30.3 Å². The molecule has 1 fully saturated rings. The van der Waals surface area contributed by atoms with E-state index >= 15 is 0 Å². The molecule has 1 aromatic rings. The van der Waals surface area contributed by atoms with Gasteiger partial charge < -0.3 is 16.4 Å². The minimum atomic E-state index is -0.725. The minimum absolute atomic E-state index is 0. The van der Waals surface area contributed by atoms with E-state index in [1.807, 2.05) is 31.2 Å². The Morgan fingerprint density at radius 3 is 2.57 bits per heavy atom. The van der Waals surface area contributed by atoms with E-state index in [0.29, 0.717) is 13.0 Å².